The van der Waals surface area contributed by atoms with E-state index in [0.29, 0.717) is 0 Å². The Kier molecular flexibility index (Phi) is 4.46. The summed E-state index contributed by atoms with van der Waals surface area (Å²) in [5.41, 5.74) is -0.00173. The predicted octanol–water partition coefficient (Wildman–Crippen LogP) is 2.49. The Morgan fingerprint density at radius 3 is 2.32 bits per heavy atom. The van der Waals surface area contributed by atoms with Crippen LogP contribution in [0.5, 0.6) is 0 Å². The molecule has 0 radical (unpaired) electrons. The Bertz CT molecular complexity index is 805. The summed E-state index contributed by atoms with van der Waals surface area (Å²) >= 11 is 0. The average molecular weight is 323 g/mol. The zero-order chi connectivity index (χ0) is 16.3. The third-order valence-corrected chi connectivity index (χ3v) is 4.20. The smallest absolute Gasteiger partial charge is 0.337 e. The van der Waals surface area contributed by atoms with Crippen LogP contribution in [0.4, 0.5) is 10.1 Å². The summed E-state index contributed by atoms with van der Waals surface area (Å²) in [5, 5.41) is 9.21. The molecule has 7 heteroatoms. The van der Waals surface area contributed by atoms with Crippen molar-refractivity contribution in [3.63, 3.8) is 0 Å². The van der Waals surface area contributed by atoms with Gasteiger partial charge in [-0.2, -0.15) is 0 Å². The third kappa shape index (κ3) is 3.43. The Morgan fingerprint density at radius 1 is 1.14 bits per heavy atom. The van der Waals surface area contributed by atoms with Gasteiger partial charge in [0.1, 0.15) is 5.82 Å². The number of para-hydroxylation sites is 1. The molecule has 0 atom stereocenters. The molecule has 0 saturated heterocycles. The molecule has 0 heterocycles. The maximum absolute atomic E-state index is 13.8. The minimum Gasteiger partial charge on any atom is -0.478 e. The first-order chi connectivity index (χ1) is 10.3. The first kappa shape index (κ1) is 16.0. The van der Waals surface area contributed by atoms with E-state index in [2.05, 4.69) is 0 Å². The second kappa shape index (κ2) is 6.15. The van der Waals surface area contributed by atoms with E-state index in [9.17, 15) is 22.7 Å². The number of hydrogen-bond donors (Lipinski definition) is 1. The summed E-state index contributed by atoms with van der Waals surface area (Å²) < 4.78 is 38.7. The molecule has 0 spiro atoms. The van der Waals surface area contributed by atoms with E-state index in [-0.39, 0.29) is 23.4 Å². The Morgan fingerprint density at radius 2 is 1.73 bits per heavy atom. The van der Waals surface area contributed by atoms with Crippen molar-refractivity contribution in [3.05, 3.63) is 65.5 Å². The van der Waals surface area contributed by atoms with Crippen molar-refractivity contribution < 1.29 is 22.7 Å². The molecule has 5 nitrogen and oxygen atoms in total. The van der Waals surface area contributed by atoms with E-state index in [1.165, 1.54) is 42.5 Å². The number of carboxylic acids is 1. The SMILES string of the molecule is CS(=O)(=O)N(Cc1ccccc1F)c1ccccc1C(=O)O. The largest absolute Gasteiger partial charge is 0.478 e. The van der Waals surface area contributed by atoms with Crippen LogP contribution in [0.15, 0.2) is 48.5 Å². The summed E-state index contributed by atoms with van der Waals surface area (Å²) in [6, 6.07) is 11.5. The van der Waals surface area contributed by atoms with E-state index >= 15 is 0 Å². The highest BCUT2D eigenvalue weighted by molar-refractivity contribution is 7.92. The van der Waals surface area contributed by atoms with Gasteiger partial charge in [0.05, 0.1) is 24.1 Å². The van der Waals surface area contributed by atoms with Gasteiger partial charge in [-0.25, -0.2) is 17.6 Å². The normalized spacial score (nSPS) is 11.2. The molecule has 0 bridgehead atoms. The lowest BCUT2D eigenvalue weighted by molar-refractivity contribution is 0.0697. The van der Waals surface area contributed by atoms with Gasteiger partial charge in [0.2, 0.25) is 10.0 Å². The van der Waals surface area contributed by atoms with E-state index in [1.54, 1.807) is 6.07 Å². The van der Waals surface area contributed by atoms with Crippen molar-refractivity contribution in [2.24, 2.45) is 0 Å². The molecule has 0 saturated carbocycles. The van der Waals surface area contributed by atoms with Gasteiger partial charge < -0.3 is 5.11 Å². The Hall–Kier alpha value is -2.41. The van der Waals surface area contributed by atoms with Crippen molar-refractivity contribution in [2.45, 2.75) is 6.54 Å². The van der Waals surface area contributed by atoms with Crippen molar-refractivity contribution in [2.75, 3.05) is 10.6 Å². The van der Waals surface area contributed by atoms with Crippen LogP contribution in [0, 0.1) is 5.82 Å². The molecule has 2 rings (SSSR count). The highest BCUT2D eigenvalue weighted by Crippen LogP contribution is 2.25. The van der Waals surface area contributed by atoms with E-state index < -0.39 is 21.8 Å². The maximum Gasteiger partial charge on any atom is 0.337 e. The van der Waals surface area contributed by atoms with Gasteiger partial charge in [0, 0.05) is 5.56 Å². The molecule has 0 aliphatic carbocycles. The lowest BCUT2D eigenvalue weighted by atomic mass is 10.1. The number of carbonyl (C=O) groups is 1. The Balaban J connectivity index is 2.54. The highest BCUT2D eigenvalue weighted by Gasteiger charge is 2.23. The highest BCUT2D eigenvalue weighted by atomic mass is 32.2. The summed E-state index contributed by atoms with van der Waals surface area (Å²) in [4.78, 5) is 11.3. The second-order valence-electron chi connectivity index (χ2n) is 4.68. The maximum atomic E-state index is 13.8. The molecular formula is C15H14FNO4S. The molecule has 22 heavy (non-hydrogen) atoms. The summed E-state index contributed by atoms with van der Waals surface area (Å²) in [6.07, 6.45) is 0.951. The first-order valence-electron chi connectivity index (χ1n) is 6.34. The molecule has 0 aliphatic rings. The first-order valence-corrected chi connectivity index (χ1v) is 8.19. The number of anilines is 1. The quantitative estimate of drug-likeness (QED) is 0.917. The van der Waals surface area contributed by atoms with Gasteiger partial charge >= 0.3 is 5.97 Å². The number of halogens is 1. The zero-order valence-corrected chi connectivity index (χ0v) is 12.5. The van der Waals surface area contributed by atoms with Crippen molar-refractivity contribution >= 4 is 21.7 Å². The standard InChI is InChI=1S/C15H14FNO4S/c1-22(20,21)17(10-11-6-2-4-8-13(11)16)14-9-5-3-7-12(14)15(18)19/h2-9H,10H2,1H3,(H,18,19). The molecule has 1 N–H and O–H groups in total. The minimum atomic E-state index is -3.79. The lowest BCUT2D eigenvalue weighted by Gasteiger charge is -2.24. The van der Waals surface area contributed by atoms with Crippen LogP contribution in [-0.4, -0.2) is 25.7 Å². The molecule has 0 unspecified atom stereocenters. The minimum absolute atomic E-state index is 0.000697. The number of aromatic carboxylic acids is 1. The number of nitrogens with zero attached hydrogens (tertiary/aromatic N) is 1. The monoisotopic (exact) mass is 323 g/mol. The van der Waals surface area contributed by atoms with Crippen LogP contribution in [-0.2, 0) is 16.6 Å². The number of carboxylic acid groups (broad SMARTS) is 1. The molecule has 2 aromatic rings. The summed E-state index contributed by atoms with van der Waals surface area (Å²) in [7, 11) is -3.79. The molecule has 2 aromatic carbocycles. The predicted molar refractivity (Wildman–Crippen MR) is 80.8 cm³/mol. The summed E-state index contributed by atoms with van der Waals surface area (Å²) in [6.45, 7) is -0.282. The summed E-state index contributed by atoms with van der Waals surface area (Å²) in [5.74, 6) is -1.80. The fourth-order valence-electron chi connectivity index (χ4n) is 2.03. The molecule has 0 aromatic heterocycles. The van der Waals surface area contributed by atoms with Crippen LogP contribution in [0.3, 0.4) is 0 Å². The van der Waals surface area contributed by atoms with Crippen LogP contribution < -0.4 is 4.31 Å². The van der Waals surface area contributed by atoms with E-state index in [4.69, 9.17) is 0 Å². The van der Waals surface area contributed by atoms with E-state index in [1.807, 2.05) is 0 Å². The van der Waals surface area contributed by atoms with Crippen LogP contribution in [0.1, 0.15) is 15.9 Å². The van der Waals surface area contributed by atoms with Crippen LogP contribution >= 0.6 is 0 Å². The zero-order valence-electron chi connectivity index (χ0n) is 11.7. The second-order valence-corrected chi connectivity index (χ2v) is 6.59. The average Bonchev–Trinajstić information content (AvgIpc) is 2.45. The molecular weight excluding hydrogens is 309 g/mol. The fraction of sp³-hybridized carbons (Fsp3) is 0.133. The van der Waals surface area contributed by atoms with Gasteiger partial charge in [-0.15, -0.1) is 0 Å². The molecule has 0 aliphatic heterocycles. The third-order valence-electron chi connectivity index (χ3n) is 3.08. The van der Waals surface area contributed by atoms with Crippen molar-refractivity contribution in [1.29, 1.82) is 0 Å². The molecule has 0 amide bonds. The van der Waals surface area contributed by atoms with Gasteiger partial charge in [-0.3, -0.25) is 4.31 Å². The van der Waals surface area contributed by atoms with Gasteiger partial charge in [0.15, 0.2) is 0 Å². The topological polar surface area (TPSA) is 74.7 Å². The number of hydrogen-bond acceptors (Lipinski definition) is 3. The van der Waals surface area contributed by atoms with Gasteiger partial charge in [0.25, 0.3) is 0 Å². The Labute approximate surface area is 127 Å². The fourth-order valence-corrected chi connectivity index (χ4v) is 2.92. The van der Waals surface area contributed by atoms with Crippen molar-refractivity contribution in [1.82, 2.24) is 0 Å². The molecule has 116 valence electrons. The number of sulfonamides is 1. The van der Waals surface area contributed by atoms with Gasteiger partial charge in [-0.1, -0.05) is 30.3 Å². The molecule has 0 fully saturated rings. The van der Waals surface area contributed by atoms with Crippen LogP contribution in [0.2, 0.25) is 0 Å². The number of rotatable bonds is 5. The van der Waals surface area contributed by atoms with E-state index in [0.717, 1.165) is 10.6 Å². The van der Waals surface area contributed by atoms with Crippen molar-refractivity contribution in [3.8, 4) is 0 Å². The van der Waals surface area contributed by atoms with Crippen LogP contribution in [0.25, 0.3) is 0 Å². The number of benzene rings is 2. The lowest BCUT2D eigenvalue weighted by Crippen LogP contribution is -2.31. The van der Waals surface area contributed by atoms with Gasteiger partial charge in [-0.05, 0) is 18.2 Å².